The average molecular weight is 367 g/mol. The third-order valence-electron chi connectivity index (χ3n) is 2.55. The molecule has 2 aromatic rings. The van der Waals surface area contributed by atoms with Crippen LogP contribution in [0.5, 0.6) is 0 Å². The van der Waals surface area contributed by atoms with E-state index in [4.69, 9.17) is 28.3 Å². The third-order valence-corrected chi connectivity index (χ3v) is 2.98. The Hall–Kier alpha value is -1.77. The molecule has 1 aromatic heterocycles. The number of alkyl halides is 3. The Morgan fingerprint density at radius 2 is 1.70 bits per heavy atom. The highest BCUT2D eigenvalue weighted by Gasteiger charge is 2.33. The minimum Gasteiger partial charge on any atom is -0.395 e. The first-order valence-corrected chi connectivity index (χ1v) is 7.07. The van der Waals surface area contributed by atoms with E-state index in [1.165, 1.54) is 18.2 Å². The van der Waals surface area contributed by atoms with Gasteiger partial charge in [-0.2, -0.15) is 18.2 Å². The number of aliphatic hydroxyl groups excluding tert-OH is 1. The molecular formula is C13H11Cl2F3N4O. The van der Waals surface area contributed by atoms with Gasteiger partial charge in [0.1, 0.15) is 5.82 Å². The fourth-order valence-corrected chi connectivity index (χ4v) is 2.20. The summed E-state index contributed by atoms with van der Waals surface area (Å²) in [6, 6.07) is 5.23. The van der Waals surface area contributed by atoms with Gasteiger partial charge in [0, 0.05) is 28.3 Å². The molecule has 23 heavy (non-hydrogen) atoms. The molecule has 1 aromatic carbocycles. The quantitative estimate of drug-likeness (QED) is 0.747. The van der Waals surface area contributed by atoms with Gasteiger partial charge in [-0.05, 0) is 18.2 Å². The molecule has 5 nitrogen and oxygen atoms in total. The first kappa shape index (κ1) is 17.6. The van der Waals surface area contributed by atoms with E-state index >= 15 is 0 Å². The zero-order valence-electron chi connectivity index (χ0n) is 11.5. The van der Waals surface area contributed by atoms with Gasteiger partial charge in [0.05, 0.1) is 6.61 Å². The number of anilines is 3. The predicted molar refractivity (Wildman–Crippen MR) is 82.4 cm³/mol. The van der Waals surface area contributed by atoms with E-state index in [1.807, 2.05) is 0 Å². The fourth-order valence-electron chi connectivity index (χ4n) is 1.68. The number of aromatic nitrogens is 2. The summed E-state index contributed by atoms with van der Waals surface area (Å²) in [5, 5.41) is 14.6. The molecule has 2 rings (SSSR count). The van der Waals surface area contributed by atoms with Crippen molar-refractivity contribution in [2.45, 2.75) is 6.18 Å². The van der Waals surface area contributed by atoms with Gasteiger partial charge in [0.25, 0.3) is 0 Å². The Balaban J connectivity index is 2.36. The number of nitrogens with one attached hydrogen (secondary N) is 2. The second kappa shape index (κ2) is 7.20. The highest BCUT2D eigenvalue weighted by Crippen LogP contribution is 2.31. The molecule has 0 unspecified atom stereocenters. The molecule has 0 aliphatic rings. The average Bonchev–Trinajstić information content (AvgIpc) is 2.42. The van der Waals surface area contributed by atoms with Crippen LogP contribution in [-0.2, 0) is 6.18 Å². The number of nitrogens with zero attached hydrogens (tertiary/aromatic N) is 2. The lowest BCUT2D eigenvalue weighted by molar-refractivity contribution is -0.141. The van der Waals surface area contributed by atoms with Crippen LogP contribution in [0, 0.1) is 0 Å². The van der Waals surface area contributed by atoms with E-state index in [0.29, 0.717) is 15.7 Å². The summed E-state index contributed by atoms with van der Waals surface area (Å²) in [5.41, 5.74) is -0.744. The fraction of sp³-hybridized carbons (Fsp3) is 0.231. The monoisotopic (exact) mass is 366 g/mol. The lowest BCUT2D eigenvalue weighted by Crippen LogP contribution is -2.15. The van der Waals surface area contributed by atoms with Crippen molar-refractivity contribution < 1.29 is 18.3 Å². The van der Waals surface area contributed by atoms with Crippen molar-refractivity contribution in [2.24, 2.45) is 0 Å². The van der Waals surface area contributed by atoms with Gasteiger partial charge < -0.3 is 15.7 Å². The Morgan fingerprint density at radius 1 is 1.04 bits per heavy atom. The van der Waals surface area contributed by atoms with Gasteiger partial charge in [-0.1, -0.05) is 23.2 Å². The topological polar surface area (TPSA) is 70.1 Å². The second-order valence-corrected chi connectivity index (χ2v) is 5.27. The first-order valence-electron chi connectivity index (χ1n) is 6.32. The van der Waals surface area contributed by atoms with Gasteiger partial charge in [0.15, 0.2) is 5.69 Å². The van der Waals surface area contributed by atoms with Gasteiger partial charge in [0.2, 0.25) is 5.95 Å². The van der Waals surface area contributed by atoms with Crippen LogP contribution in [0.1, 0.15) is 5.69 Å². The van der Waals surface area contributed by atoms with E-state index in [2.05, 4.69) is 20.6 Å². The zero-order chi connectivity index (χ0) is 17.0. The van der Waals surface area contributed by atoms with Crippen molar-refractivity contribution in [2.75, 3.05) is 23.8 Å². The number of hydrogen-bond acceptors (Lipinski definition) is 5. The molecule has 0 aliphatic heterocycles. The Labute approximate surface area is 139 Å². The van der Waals surface area contributed by atoms with Crippen molar-refractivity contribution in [1.29, 1.82) is 0 Å². The molecule has 0 aliphatic carbocycles. The molecule has 0 amide bonds. The van der Waals surface area contributed by atoms with Crippen LogP contribution in [0.3, 0.4) is 0 Å². The third kappa shape index (κ3) is 5.12. The van der Waals surface area contributed by atoms with Gasteiger partial charge in [-0.3, -0.25) is 0 Å². The summed E-state index contributed by atoms with van der Waals surface area (Å²) in [5.74, 6) is -0.351. The lowest BCUT2D eigenvalue weighted by atomic mass is 10.3. The molecule has 0 saturated heterocycles. The summed E-state index contributed by atoms with van der Waals surface area (Å²) in [7, 11) is 0. The summed E-state index contributed by atoms with van der Waals surface area (Å²) >= 11 is 11.7. The maximum Gasteiger partial charge on any atom is 0.433 e. The summed E-state index contributed by atoms with van der Waals surface area (Å²) in [4.78, 5) is 7.28. The summed E-state index contributed by atoms with van der Waals surface area (Å²) in [6.07, 6.45) is -4.64. The number of halogens is 5. The second-order valence-electron chi connectivity index (χ2n) is 4.39. The Bertz CT molecular complexity index is 677. The van der Waals surface area contributed by atoms with Gasteiger partial charge in [-0.25, -0.2) is 4.98 Å². The van der Waals surface area contributed by atoms with Crippen molar-refractivity contribution >= 4 is 40.7 Å². The number of benzene rings is 1. The van der Waals surface area contributed by atoms with Crippen LogP contribution in [-0.4, -0.2) is 28.2 Å². The minimum atomic E-state index is -4.64. The number of rotatable bonds is 5. The van der Waals surface area contributed by atoms with Gasteiger partial charge in [-0.15, -0.1) is 0 Å². The molecule has 0 fully saturated rings. The highest BCUT2D eigenvalue weighted by atomic mass is 35.5. The lowest BCUT2D eigenvalue weighted by Gasteiger charge is -2.13. The zero-order valence-corrected chi connectivity index (χ0v) is 13.0. The SMILES string of the molecule is OCCNc1nc(Nc2cc(Cl)cc(Cl)c2)cc(C(F)(F)F)n1. The number of aliphatic hydroxyl groups is 1. The molecule has 0 spiro atoms. The summed E-state index contributed by atoms with van der Waals surface area (Å²) in [6.45, 7) is -0.254. The van der Waals surface area contributed by atoms with Crippen LogP contribution < -0.4 is 10.6 Å². The smallest absolute Gasteiger partial charge is 0.395 e. The van der Waals surface area contributed by atoms with Crippen molar-refractivity contribution in [3.8, 4) is 0 Å². The van der Waals surface area contributed by atoms with Crippen LogP contribution >= 0.6 is 23.2 Å². The van der Waals surface area contributed by atoms with Crippen LogP contribution in [0.15, 0.2) is 24.3 Å². The van der Waals surface area contributed by atoms with Crippen LogP contribution in [0.2, 0.25) is 10.0 Å². The molecule has 124 valence electrons. The molecule has 0 radical (unpaired) electrons. The molecule has 3 N–H and O–H groups in total. The maximum absolute atomic E-state index is 12.9. The minimum absolute atomic E-state index is 0.0176. The first-order chi connectivity index (χ1) is 10.8. The standard InChI is InChI=1S/C13H11Cl2F3N4O/c14-7-3-8(15)5-9(4-7)20-11-6-10(13(16,17)18)21-12(22-11)19-1-2-23/h3-6,23H,1-2H2,(H2,19,20,21,22). The number of hydrogen-bond donors (Lipinski definition) is 3. The predicted octanol–water partition coefficient (Wildman–Crippen LogP) is 3.95. The van der Waals surface area contributed by atoms with Crippen molar-refractivity contribution in [1.82, 2.24) is 9.97 Å². The Morgan fingerprint density at radius 3 is 2.26 bits per heavy atom. The molecule has 10 heteroatoms. The van der Waals surface area contributed by atoms with E-state index in [0.717, 1.165) is 6.07 Å². The van der Waals surface area contributed by atoms with Gasteiger partial charge >= 0.3 is 6.18 Å². The van der Waals surface area contributed by atoms with E-state index in [-0.39, 0.29) is 24.9 Å². The van der Waals surface area contributed by atoms with E-state index in [9.17, 15) is 13.2 Å². The highest BCUT2D eigenvalue weighted by molar-refractivity contribution is 6.35. The van der Waals surface area contributed by atoms with E-state index in [1.54, 1.807) is 0 Å². The van der Waals surface area contributed by atoms with E-state index < -0.39 is 11.9 Å². The van der Waals surface area contributed by atoms with Crippen molar-refractivity contribution in [3.05, 3.63) is 40.0 Å². The molecular weight excluding hydrogens is 356 g/mol. The normalized spacial score (nSPS) is 11.4. The Kier molecular flexibility index (Phi) is 5.51. The molecule has 0 bridgehead atoms. The molecule has 0 saturated carbocycles. The van der Waals surface area contributed by atoms with Crippen LogP contribution in [0.25, 0.3) is 0 Å². The van der Waals surface area contributed by atoms with Crippen molar-refractivity contribution in [3.63, 3.8) is 0 Å². The maximum atomic E-state index is 12.9. The largest absolute Gasteiger partial charge is 0.433 e. The summed E-state index contributed by atoms with van der Waals surface area (Å²) < 4.78 is 38.7. The molecule has 0 atom stereocenters. The van der Waals surface area contributed by atoms with Crippen LogP contribution in [0.4, 0.5) is 30.6 Å². The molecule has 1 heterocycles.